The number of alkyl halides is 3. The fourth-order valence-electron chi connectivity index (χ4n) is 3.61. The Morgan fingerprint density at radius 2 is 2.21 bits per heavy atom. The Balaban J connectivity index is 1.43. The normalized spacial score (nSPS) is 23.0. The molecule has 28 heavy (non-hydrogen) atoms. The van der Waals surface area contributed by atoms with Crippen molar-refractivity contribution in [2.24, 2.45) is 5.92 Å². The number of carbonyl (C=O) groups is 2. The highest BCUT2D eigenvalue weighted by molar-refractivity contribution is 5.98. The van der Waals surface area contributed by atoms with Crippen LogP contribution in [0.5, 0.6) is 0 Å². The number of likely N-dealkylation sites (tertiary alicyclic amines) is 1. The van der Waals surface area contributed by atoms with Crippen molar-refractivity contribution in [3.63, 3.8) is 0 Å². The Bertz CT molecular complexity index is 905. The highest BCUT2D eigenvalue weighted by atomic mass is 19.4. The number of benzene rings is 1. The highest BCUT2D eigenvalue weighted by Gasteiger charge is 2.40. The van der Waals surface area contributed by atoms with Crippen LogP contribution in [0.3, 0.4) is 0 Å². The van der Waals surface area contributed by atoms with E-state index in [2.05, 4.69) is 15.3 Å². The van der Waals surface area contributed by atoms with Crippen molar-refractivity contribution < 1.29 is 27.5 Å². The Morgan fingerprint density at radius 3 is 2.93 bits per heavy atom. The molecule has 7 nitrogen and oxygen atoms in total. The summed E-state index contributed by atoms with van der Waals surface area (Å²) in [6, 6.07) is 5.13. The van der Waals surface area contributed by atoms with Crippen molar-refractivity contribution in [3.8, 4) is 0 Å². The van der Waals surface area contributed by atoms with E-state index < -0.39 is 30.5 Å². The van der Waals surface area contributed by atoms with Crippen molar-refractivity contribution in [1.29, 1.82) is 0 Å². The predicted octanol–water partition coefficient (Wildman–Crippen LogP) is 2.76. The van der Waals surface area contributed by atoms with Crippen LogP contribution in [0.1, 0.15) is 31.2 Å². The number of imidazole rings is 1. The van der Waals surface area contributed by atoms with Gasteiger partial charge in [-0.15, -0.1) is 0 Å². The number of aromatic amines is 1. The lowest BCUT2D eigenvalue weighted by Gasteiger charge is -2.18. The van der Waals surface area contributed by atoms with Crippen molar-refractivity contribution in [2.75, 3.05) is 25.0 Å². The number of fused-ring (bicyclic) bond motifs is 1. The zero-order valence-electron chi connectivity index (χ0n) is 14.9. The molecule has 2 N–H and O–H groups in total. The largest absolute Gasteiger partial charge is 0.406 e. The first-order valence-corrected chi connectivity index (χ1v) is 9.05. The zero-order chi connectivity index (χ0) is 19.9. The molecule has 0 radical (unpaired) electrons. The first-order valence-electron chi connectivity index (χ1n) is 9.05. The number of ether oxygens (including phenoxy) is 1. The quantitative estimate of drug-likeness (QED) is 0.832. The second-order valence-electron chi connectivity index (χ2n) is 7.14. The van der Waals surface area contributed by atoms with Gasteiger partial charge >= 0.3 is 6.18 Å². The van der Waals surface area contributed by atoms with Gasteiger partial charge in [0.1, 0.15) is 18.5 Å². The lowest BCUT2D eigenvalue weighted by Crippen LogP contribution is -2.36. The summed E-state index contributed by atoms with van der Waals surface area (Å²) in [6.45, 7) is -0.865. The first kappa shape index (κ1) is 18.7. The minimum atomic E-state index is -4.48. The summed E-state index contributed by atoms with van der Waals surface area (Å²) in [5.74, 6) is -1.21. The lowest BCUT2D eigenvalue weighted by atomic mass is 10.1. The number of H-pyrrole nitrogens is 1. The number of hydrogen-bond donors (Lipinski definition) is 2. The SMILES string of the molecule is O=C(Nc1ccc2nc(C3CCCO3)[nH]c2c1)C1CC(=O)N(CC(F)(F)F)C1. The number of carbonyl (C=O) groups excluding carboxylic acids is 2. The number of nitrogens with zero attached hydrogens (tertiary/aromatic N) is 2. The molecule has 4 rings (SSSR count). The highest BCUT2D eigenvalue weighted by Crippen LogP contribution is 2.29. The number of rotatable bonds is 4. The topological polar surface area (TPSA) is 87.3 Å². The standard InChI is InChI=1S/C18H19F3N4O3/c19-18(20,21)9-25-8-10(6-15(25)26)17(27)22-11-3-4-12-13(7-11)24-16(23-12)14-2-1-5-28-14/h3-4,7,10,14H,1-2,5-6,8-9H2,(H,22,27)(H,23,24). The number of halogens is 3. The van der Waals surface area contributed by atoms with Gasteiger partial charge in [-0.05, 0) is 31.0 Å². The van der Waals surface area contributed by atoms with Gasteiger partial charge in [0.15, 0.2) is 0 Å². The van der Waals surface area contributed by atoms with E-state index in [1.807, 2.05) is 0 Å². The van der Waals surface area contributed by atoms with Crippen molar-refractivity contribution in [2.45, 2.75) is 31.5 Å². The molecule has 1 aromatic carbocycles. The van der Waals surface area contributed by atoms with Gasteiger partial charge < -0.3 is 19.9 Å². The number of nitrogens with one attached hydrogen (secondary N) is 2. The number of anilines is 1. The van der Waals surface area contributed by atoms with E-state index in [1.54, 1.807) is 18.2 Å². The molecule has 2 amide bonds. The third kappa shape index (κ3) is 3.96. The van der Waals surface area contributed by atoms with Crippen molar-refractivity contribution in [3.05, 3.63) is 24.0 Å². The molecule has 2 aliphatic heterocycles. The molecular weight excluding hydrogens is 377 g/mol. The molecule has 150 valence electrons. The van der Waals surface area contributed by atoms with Crippen LogP contribution in [0.2, 0.25) is 0 Å². The number of amides is 2. The third-order valence-electron chi connectivity index (χ3n) is 4.96. The van der Waals surface area contributed by atoms with E-state index in [-0.39, 0.29) is 19.1 Å². The van der Waals surface area contributed by atoms with Gasteiger partial charge in [-0.3, -0.25) is 9.59 Å². The minimum absolute atomic E-state index is 0.0606. The maximum absolute atomic E-state index is 12.5. The first-order chi connectivity index (χ1) is 13.3. The molecule has 10 heteroatoms. The van der Waals surface area contributed by atoms with Crippen LogP contribution >= 0.6 is 0 Å². The van der Waals surface area contributed by atoms with Crippen LogP contribution in [0, 0.1) is 5.92 Å². The molecule has 2 aliphatic rings. The third-order valence-corrected chi connectivity index (χ3v) is 4.96. The van der Waals surface area contributed by atoms with Crippen LogP contribution in [0.15, 0.2) is 18.2 Å². The predicted molar refractivity (Wildman–Crippen MR) is 93.4 cm³/mol. The summed E-state index contributed by atoms with van der Waals surface area (Å²) in [5, 5.41) is 2.68. The van der Waals surface area contributed by atoms with Crippen LogP contribution in [-0.4, -0.2) is 52.6 Å². The maximum Gasteiger partial charge on any atom is 0.406 e. The van der Waals surface area contributed by atoms with E-state index in [4.69, 9.17) is 4.74 Å². The van der Waals surface area contributed by atoms with E-state index in [1.165, 1.54) is 0 Å². The average molecular weight is 396 g/mol. The Hall–Kier alpha value is -2.62. The summed E-state index contributed by atoms with van der Waals surface area (Å²) < 4.78 is 43.1. The number of hydrogen-bond acceptors (Lipinski definition) is 4. The van der Waals surface area contributed by atoms with Crippen molar-refractivity contribution in [1.82, 2.24) is 14.9 Å². The van der Waals surface area contributed by atoms with Crippen molar-refractivity contribution >= 4 is 28.5 Å². The van der Waals surface area contributed by atoms with Crippen LogP contribution in [0.25, 0.3) is 11.0 Å². The Labute approximate surface area is 158 Å². The monoisotopic (exact) mass is 396 g/mol. The molecule has 0 saturated carbocycles. The van der Waals surface area contributed by atoms with E-state index in [9.17, 15) is 22.8 Å². The smallest absolute Gasteiger partial charge is 0.370 e. The van der Waals surface area contributed by atoms with Gasteiger partial charge in [0.2, 0.25) is 11.8 Å². The second kappa shape index (κ2) is 7.08. The summed E-state index contributed by atoms with van der Waals surface area (Å²) in [4.78, 5) is 32.5. The molecule has 3 heterocycles. The zero-order valence-corrected chi connectivity index (χ0v) is 14.9. The van der Waals surface area contributed by atoms with E-state index in [0.29, 0.717) is 17.2 Å². The minimum Gasteiger partial charge on any atom is -0.370 e. The molecule has 2 fully saturated rings. The lowest BCUT2D eigenvalue weighted by molar-refractivity contribution is -0.157. The molecule has 0 spiro atoms. The Morgan fingerprint density at radius 1 is 1.39 bits per heavy atom. The molecule has 0 aliphatic carbocycles. The van der Waals surface area contributed by atoms with Crippen LogP contribution < -0.4 is 5.32 Å². The molecular formula is C18H19F3N4O3. The molecule has 0 bridgehead atoms. The van der Waals surface area contributed by atoms with Gasteiger partial charge in [-0.1, -0.05) is 0 Å². The second-order valence-corrected chi connectivity index (χ2v) is 7.14. The molecule has 2 unspecified atom stereocenters. The Kier molecular flexibility index (Phi) is 4.74. The van der Waals surface area contributed by atoms with Gasteiger partial charge in [0.05, 0.1) is 17.0 Å². The molecule has 2 saturated heterocycles. The summed E-state index contributed by atoms with van der Waals surface area (Å²) in [5.41, 5.74) is 1.95. The average Bonchev–Trinajstić information content (AvgIpc) is 3.33. The van der Waals surface area contributed by atoms with Crippen LogP contribution in [0.4, 0.5) is 18.9 Å². The van der Waals surface area contributed by atoms with Gasteiger partial charge in [-0.2, -0.15) is 13.2 Å². The summed E-state index contributed by atoms with van der Waals surface area (Å²) in [6.07, 6.45) is -2.89. The fourth-order valence-corrected chi connectivity index (χ4v) is 3.61. The fraction of sp³-hybridized carbons (Fsp3) is 0.500. The van der Waals surface area contributed by atoms with Crippen LogP contribution in [-0.2, 0) is 14.3 Å². The molecule has 2 aromatic rings. The maximum atomic E-state index is 12.5. The van der Waals surface area contributed by atoms with Gasteiger partial charge in [-0.25, -0.2) is 4.98 Å². The van der Waals surface area contributed by atoms with E-state index >= 15 is 0 Å². The van der Waals surface area contributed by atoms with Gasteiger partial charge in [0.25, 0.3) is 0 Å². The molecule has 2 atom stereocenters. The number of aromatic nitrogens is 2. The summed E-state index contributed by atoms with van der Waals surface area (Å²) >= 11 is 0. The van der Waals surface area contributed by atoms with Gasteiger partial charge in [0, 0.05) is 25.3 Å². The summed E-state index contributed by atoms with van der Waals surface area (Å²) in [7, 11) is 0. The molecule has 1 aromatic heterocycles. The van der Waals surface area contributed by atoms with E-state index in [0.717, 1.165) is 29.7 Å².